The van der Waals surface area contributed by atoms with Crippen molar-refractivity contribution in [2.45, 2.75) is 24.9 Å². The lowest BCUT2D eigenvalue weighted by Gasteiger charge is -2.36. The van der Waals surface area contributed by atoms with E-state index in [0.717, 1.165) is 19.3 Å². The largest absolute Gasteiger partial charge is 0.493 e. The fraction of sp³-hybridized carbons (Fsp3) is 0.538. The third-order valence-corrected chi connectivity index (χ3v) is 3.15. The minimum Gasteiger partial charge on any atom is -0.493 e. The number of para-hydroxylation sites is 1. The number of hydrogen-bond donors (Lipinski definition) is 1. The molecule has 0 spiro atoms. The first-order valence-corrected chi connectivity index (χ1v) is 5.75. The molecular formula is C13H18O4. The van der Waals surface area contributed by atoms with E-state index < -0.39 is 5.60 Å². The summed E-state index contributed by atoms with van der Waals surface area (Å²) in [6.45, 7) is 0.281. The van der Waals surface area contributed by atoms with Crippen LogP contribution in [0.1, 0.15) is 19.3 Å². The van der Waals surface area contributed by atoms with Crippen LogP contribution in [0.3, 0.4) is 0 Å². The standard InChI is InChI=1S/C13H18O4/c1-15-10-5-3-6-11(16-2)12(10)17-9-13(14)7-4-8-13/h3,5-6,14H,4,7-9H2,1-2H3. The summed E-state index contributed by atoms with van der Waals surface area (Å²) in [4.78, 5) is 0. The number of aliphatic hydroxyl groups is 1. The minimum atomic E-state index is -0.675. The van der Waals surface area contributed by atoms with Crippen LogP contribution in [0, 0.1) is 0 Å². The van der Waals surface area contributed by atoms with Crippen molar-refractivity contribution in [2.24, 2.45) is 0 Å². The lowest BCUT2D eigenvalue weighted by Crippen LogP contribution is -2.42. The van der Waals surface area contributed by atoms with Crippen molar-refractivity contribution in [3.63, 3.8) is 0 Å². The van der Waals surface area contributed by atoms with E-state index in [1.807, 2.05) is 18.2 Å². The molecule has 4 nitrogen and oxygen atoms in total. The molecule has 1 saturated carbocycles. The predicted octanol–water partition coefficient (Wildman–Crippen LogP) is 2.00. The number of methoxy groups -OCH3 is 2. The van der Waals surface area contributed by atoms with Gasteiger partial charge in [-0.1, -0.05) is 6.07 Å². The number of rotatable bonds is 5. The van der Waals surface area contributed by atoms with Crippen LogP contribution in [0.4, 0.5) is 0 Å². The summed E-state index contributed by atoms with van der Waals surface area (Å²) in [6.07, 6.45) is 2.65. The Balaban J connectivity index is 2.12. The van der Waals surface area contributed by atoms with Gasteiger partial charge in [0.15, 0.2) is 11.5 Å². The highest BCUT2D eigenvalue weighted by molar-refractivity contribution is 5.51. The summed E-state index contributed by atoms with van der Waals surface area (Å²) in [5.41, 5.74) is -0.675. The lowest BCUT2D eigenvalue weighted by molar-refractivity contribution is -0.0670. The van der Waals surface area contributed by atoms with E-state index in [4.69, 9.17) is 14.2 Å². The molecule has 2 rings (SSSR count). The Bertz CT molecular complexity index is 363. The quantitative estimate of drug-likeness (QED) is 0.852. The smallest absolute Gasteiger partial charge is 0.203 e. The van der Waals surface area contributed by atoms with Crippen LogP contribution in [0.15, 0.2) is 18.2 Å². The van der Waals surface area contributed by atoms with Crippen molar-refractivity contribution in [1.29, 1.82) is 0 Å². The normalized spacial score (nSPS) is 17.1. The van der Waals surface area contributed by atoms with Crippen molar-refractivity contribution in [1.82, 2.24) is 0 Å². The monoisotopic (exact) mass is 238 g/mol. The summed E-state index contributed by atoms with van der Waals surface area (Å²) in [5.74, 6) is 1.79. The first-order chi connectivity index (χ1) is 8.18. The van der Waals surface area contributed by atoms with Gasteiger partial charge in [0, 0.05) is 0 Å². The van der Waals surface area contributed by atoms with E-state index in [1.165, 1.54) is 0 Å². The van der Waals surface area contributed by atoms with Gasteiger partial charge < -0.3 is 19.3 Å². The molecule has 1 fully saturated rings. The zero-order valence-electron chi connectivity index (χ0n) is 10.2. The number of benzene rings is 1. The van der Waals surface area contributed by atoms with Crippen molar-refractivity contribution >= 4 is 0 Å². The Kier molecular flexibility index (Phi) is 3.43. The van der Waals surface area contributed by atoms with E-state index in [2.05, 4.69) is 0 Å². The van der Waals surface area contributed by atoms with Crippen LogP contribution in [0.2, 0.25) is 0 Å². The van der Waals surface area contributed by atoms with Gasteiger partial charge >= 0.3 is 0 Å². The highest BCUT2D eigenvalue weighted by Gasteiger charge is 2.35. The Labute approximate surface area is 101 Å². The molecule has 1 aliphatic carbocycles. The second kappa shape index (κ2) is 4.84. The molecule has 0 aliphatic heterocycles. The third-order valence-electron chi connectivity index (χ3n) is 3.15. The van der Waals surface area contributed by atoms with Crippen molar-refractivity contribution in [2.75, 3.05) is 20.8 Å². The Morgan fingerprint density at radius 1 is 1.18 bits per heavy atom. The summed E-state index contributed by atoms with van der Waals surface area (Å²) >= 11 is 0. The molecule has 0 aromatic heterocycles. The Hall–Kier alpha value is -1.42. The van der Waals surface area contributed by atoms with E-state index in [1.54, 1.807) is 14.2 Å². The molecule has 1 aromatic carbocycles. The predicted molar refractivity (Wildman–Crippen MR) is 63.8 cm³/mol. The summed E-state index contributed by atoms with van der Waals surface area (Å²) < 4.78 is 16.1. The summed E-state index contributed by atoms with van der Waals surface area (Å²) in [6, 6.07) is 5.45. The van der Waals surface area contributed by atoms with Gasteiger partial charge in [0.05, 0.1) is 19.8 Å². The maximum absolute atomic E-state index is 9.99. The van der Waals surface area contributed by atoms with Gasteiger partial charge in [0.1, 0.15) is 6.61 Å². The van der Waals surface area contributed by atoms with Gasteiger partial charge in [-0.15, -0.1) is 0 Å². The molecule has 1 N–H and O–H groups in total. The molecule has 0 radical (unpaired) electrons. The second-order valence-electron chi connectivity index (χ2n) is 4.36. The SMILES string of the molecule is COc1cccc(OC)c1OCC1(O)CCC1. The van der Waals surface area contributed by atoms with Crippen LogP contribution in [0.25, 0.3) is 0 Å². The average Bonchev–Trinajstić information content (AvgIpc) is 2.33. The molecule has 17 heavy (non-hydrogen) atoms. The van der Waals surface area contributed by atoms with Crippen molar-refractivity contribution < 1.29 is 19.3 Å². The van der Waals surface area contributed by atoms with Crippen LogP contribution >= 0.6 is 0 Å². The van der Waals surface area contributed by atoms with Gasteiger partial charge in [-0.05, 0) is 31.4 Å². The number of ether oxygens (including phenoxy) is 3. The lowest BCUT2D eigenvalue weighted by atomic mass is 9.81. The van der Waals surface area contributed by atoms with Gasteiger partial charge in [0.2, 0.25) is 5.75 Å². The number of hydrogen-bond acceptors (Lipinski definition) is 4. The highest BCUT2D eigenvalue weighted by Crippen LogP contribution is 2.39. The molecule has 0 amide bonds. The Morgan fingerprint density at radius 2 is 1.76 bits per heavy atom. The van der Waals surface area contributed by atoms with Crippen LogP contribution in [0.5, 0.6) is 17.2 Å². The topological polar surface area (TPSA) is 47.9 Å². The molecule has 0 saturated heterocycles. The van der Waals surface area contributed by atoms with Gasteiger partial charge in [-0.25, -0.2) is 0 Å². The second-order valence-corrected chi connectivity index (χ2v) is 4.36. The molecule has 1 aromatic rings. The van der Waals surface area contributed by atoms with E-state index in [9.17, 15) is 5.11 Å². The summed E-state index contributed by atoms with van der Waals surface area (Å²) in [5, 5.41) is 9.99. The fourth-order valence-electron chi connectivity index (χ4n) is 1.90. The molecule has 0 heterocycles. The first kappa shape index (κ1) is 12.0. The molecule has 0 bridgehead atoms. The Morgan fingerprint density at radius 3 is 2.18 bits per heavy atom. The van der Waals surface area contributed by atoms with E-state index in [0.29, 0.717) is 17.2 Å². The van der Waals surface area contributed by atoms with E-state index in [-0.39, 0.29) is 6.61 Å². The molecule has 1 aliphatic rings. The molecular weight excluding hydrogens is 220 g/mol. The zero-order valence-corrected chi connectivity index (χ0v) is 10.2. The fourth-order valence-corrected chi connectivity index (χ4v) is 1.90. The van der Waals surface area contributed by atoms with Gasteiger partial charge in [0.25, 0.3) is 0 Å². The van der Waals surface area contributed by atoms with Crippen molar-refractivity contribution in [3.05, 3.63) is 18.2 Å². The third kappa shape index (κ3) is 2.47. The van der Waals surface area contributed by atoms with E-state index >= 15 is 0 Å². The molecule has 0 atom stereocenters. The summed E-state index contributed by atoms with van der Waals surface area (Å²) in [7, 11) is 3.17. The van der Waals surface area contributed by atoms with Gasteiger partial charge in [-0.2, -0.15) is 0 Å². The maximum atomic E-state index is 9.99. The average molecular weight is 238 g/mol. The highest BCUT2D eigenvalue weighted by atomic mass is 16.5. The van der Waals surface area contributed by atoms with Gasteiger partial charge in [-0.3, -0.25) is 0 Å². The first-order valence-electron chi connectivity index (χ1n) is 5.75. The molecule has 4 heteroatoms. The van der Waals surface area contributed by atoms with Crippen LogP contribution in [-0.2, 0) is 0 Å². The zero-order chi connectivity index (χ0) is 12.3. The van der Waals surface area contributed by atoms with Crippen LogP contribution < -0.4 is 14.2 Å². The molecule has 94 valence electrons. The maximum Gasteiger partial charge on any atom is 0.203 e. The minimum absolute atomic E-state index is 0.281. The van der Waals surface area contributed by atoms with Crippen LogP contribution in [-0.4, -0.2) is 31.5 Å². The van der Waals surface area contributed by atoms with Crippen molar-refractivity contribution in [3.8, 4) is 17.2 Å². The molecule has 0 unspecified atom stereocenters.